The van der Waals surface area contributed by atoms with E-state index in [9.17, 15) is 9.90 Å². The second-order valence-corrected chi connectivity index (χ2v) is 3.69. The Kier molecular flexibility index (Phi) is 5.14. The molecule has 0 aliphatic carbocycles. The van der Waals surface area contributed by atoms with E-state index in [1.54, 1.807) is 12.1 Å². The molecule has 0 heterocycles. The highest BCUT2D eigenvalue weighted by Gasteiger charge is 2.08. The van der Waals surface area contributed by atoms with E-state index >= 15 is 0 Å². The van der Waals surface area contributed by atoms with Gasteiger partial charge in [-0.3, -0.25) is 4.79 Å². The van der Waals surface area contributed by atoms with E-state index in [1.165, 1.54) is 0 Å². The van der Waals surface area contributed by atoms with Gasteiger partial charge in [0, 0.05) is 13.1 Å². The molecule has 5 heteroatoms. The Bertz CT molecular complexity index is 409. The fourth-order valence-electron chi connectivity index (χ4n) is 1.35. The summed E-state index contributed by atoms with van der Waals surface area (Å²) in [6.45, 7) is 0.759. The lowest BCUT2D eigenvalue weighted by Crippen LogP contribution is -2.28. The largest absolute Gasteiger partial charge is 0.481 e. The predicted molar refractivity (Wildman–Crippen MR) is 61.1 cm³/mol. The average molecular weight is 234 g/mol. The maximum atomic E-state index is 10.3. The van der Waals surface area contributed by atoms with Gasteiger partial charge in [0.25, 0.3) is 0 Å². The molecule has 0 aliphatic rings. The summed E-state index contributed by atoms with van der Waals surface area (Å²) >= 11 is 0. The minimum atomic E-state index is -1.02. The summed E-state index contributed by atoms with van der Waals surface area (Å²) in [6, 6.07) is 9.08. The van der Waals surface area contributed by atoms with Gasteiger partial charge in [-0.1, -0.05) is 12.1 Å². The van der Waals surface area contributed by atoms with Crippen molar-refractivity contribution in [1.29, 1.82) is 5.26 Å². The molecule has 0 saturated heterocycles. The smallest absolute Gasteiger partial charge is 0.306 e. The van der Waals surface area contributed by atoms with Crippen LogP contribution in [-0.4, -0.2) is 28.8 Å². The first-order valence-corrected chi connectivity index (χ1v) is 5.21. The second kappa shape index (κ2) is 6.63. The lowest BCUT2D eigenvalue weighted by Gasteiger charge is -2.09. The second-order valence-electron chi connectivity index (χ2n) is 3.69. The number of hydrogen-bond acceptors (Lipinski definition) is 4. The number of carboxylic acids is 1. The molecule has 1 unspecified atom stereocenters. The number of aliphatic carboxylic acids is 1. The number of nitrogens with one attached hydrogen (secondary N) is 1. The van der Waals surface area contributed by atoms with Crippen LogP contribution in [-0.2, 0) is 11.3 Å². The number of carboxylic acid groups (broad SMARTS) is 1. The van der Waals surface area contributed by atoms with Crippen LogP contribution in [0.3, 0.4) is 0 Å². The van der Waals surface area contributed by atoms with Gasteiger partial charge < -0.3 is 15.5 Å². The Morgan fingerprint density at radius 3 is 2.59 bits per heavy atom. The van der Waals surface area contributed by atoms with Crippen molar-refractivity contribution >= 4 is 5.97 Å². The van der Waals surface area contributed by atoms with E-state index in [-0.39, 0.29) is 13.0 Å². The normalized spacial score (nSPS) is 11.8. The van der Waals surface area contributed by atoms with Crippen molar-refractivity contribution in [2.24, 2.45) is 0 Å². The van der Waals surface area contributed by atoms with Gasteiger partial charge in [-0.05, 0) is 17.7 Å². The molecule has 3 N–H and O–H groups in total. The lowest BCUT2D eigenvalue weighted by molar-refractivity contribution is -0.139. The molecule has 1 aromatic rings. The molecule has 0 saturated carbocycles. The molecular formula is C12H14N2O3. The first-order chi connectivity index (χ1) is 8.11. The SMILES string of the molecule is N#Cc1ccc(CNCC(O)CC(=O)O)cc1. The summed E-state index contributed by atoms with van der Waals surface area (Å²) in [6.07, 6.45) is -1.15. The summed E-state index contributed by atoms with van der Waals surface area (Å²) < 4.78 is 0. The Balaban J connectivity index is 2.31. The van der Waals surface area contributed by atoms with Gasteiger partial charge in [-0.25, -0.2) is 0 Å². The van der Waals surface area contributed by atoms with Crippen molar-refractivity contribution in [3.05, 3.63) is 35.4 Å². The Labute approximate surface area is 99.3 Å². The van der Waals surface area contributed by atoms with Crippen LogP contribution in [0.2, 0.25) is 0 Å². The fraction of sp³-hybridized carbons (Fsp3) is 0.333. The molecule has 0 amide bonds. The van der Waals surface area contributed by atoms with Crippen LogP contribution in [0.5, 0.6) is 0 Å². The molecule has 17 heavy (non-hydrogen) atoms. The van der Waals surface area contributed by atoms with Crippen molar-refractivity contribution in [3.63, 3.8) is 0 Å². The maximum absolute atomic E-state index is 10.3. The molecule has 5 nitrogen and oxygen atoms in total. The third-order valence-electron chi connectivity index (χ3n) is 2.20. The van der Waals surface area contributed by atoms with Crippen molar-refractivity contribution in [1.82, 2.24) is 5.32 Å². The molecule has 0 bridgehead atoms. The number of nitriles is 1. The van der Waals surface area contributed by atoms with Crippen LogP contribution in [0.4, 0.5) is 0 Å². The van der Waals surface area contributed by atoms with Gasteiger partial charge in [0.1, 0.15) is 0 Å². The molecule has 90 valence electrons. The molecule has 1 aromatic carbocycles. The summed E-state index contributed by atoms with van der Waals surface area (Å²) in [4.78, 5) is 10.3. The Morgan fingerprint density at radius 1 is 1.41 bits per heavy atom. The van der Waals surface area contributed by atoms with Crippen LogP contribution >= 0.6 is 0 Å². The van der Waals surface area contributed by atoms with E-state index in [0.29, 0.717) is 12.1 Å². The summed E-state index contributed by atoms with van der Waals surface area (Å²) in [5, 5.41) is 29.3. The number of aliphatic hydroxyl groups is 1. The topological polar surface area (TPSA) is 93.4 Å². The highest BCUT2D eigenvalue weighted by atomic mass is 16.4. The summed E-state index contributed by atoms with van der Waals surface area (Å²) in [5.41, 5.74) is 1.58. The first-order valence-electron chi connectivity index (χ1n) is 5.21. The van der Waals surface area contributed by atoms with Crippen molar-refractivity contribution in [2.75, 3.05) is 6.54 Å². The van der Waals surface area contributed by atoms with Crippen molar-refractivity contribution < 1.29 is 15.0 Å². The fourth-order valence-corrected chi connectivity index (χ4v) is 1.35. The minimum Gasteiger partial charge on any atom is -0.481 e. The highest BCUT2D eigenvalue weighted by molar-refractivity contribution is 5.67. The van der Waals surface area contributed by atoms with Gasteiger partial charge in [0.05, 0.1) is 24.2 Å². The van der Waals surface area contributed by atoms with Gasteiger partial charge >= 0.3 is 5.97 Å². The Morgan fingerprint density at radius 2 is 2.06 bits per heavy atom. The quantitative estimate of drug-likeness (QED) is 0.665. The Hall–Kier alpha value is -1.90. The monoisotopic (exact) mass is 234 g/mol. The number of carbonyl (C=O) groups is 1. The zero-order valence-electron chi connectivity index (χ0n) is 9.26. The van der Waals surface area contributed by atoms with Gasteiger partial charge in [-0.2, -0.15) is 5.26 Å². The maximum Gasteiger partial charge on any atom is 0.306 e. The molecule has 0 fully saturated rings. The van der Waals surface area contributed by atoms with Gasteiger partial charge in [0.2, 0.25) is 0 Å². The number of aliphatic hydroxyl groups excluding tert-OH is 1. The van der Waals surface area contributed by atoms with Crippen LogP contribution in [0.15, 0.2) is 24.3 Å². The van der Waals surface area contributed by atoms with E-state index < -0.39 is 12.1 Å². The molecular weight excluding hydrogens is 220 g/mol. The van der Waals surface area contributed by atoms with Gasteiger partial charge in [-0.15, -0.1) is 0 Å². The molecule has 1 rings (SSSR count). The number of rotatable bonds is 6. The van der Waals surface area contributed by atoms with Crippen molar-refractivity contribution in [3.8, 4) is 6.07 Å². The third-order valence-corrected chi connectivity index (χ3v) is 2.20. The molecule has 0 spiro atoms. The summed E-state index contributed by atoms with van der Waals surface area (Å²) in [7, 11) is 0. The number of nitrogens with zero attached hydrogens (tertiary/aromatic N) is 1. The molecule has 0 aliphatic heterocycles. The van der Waals surface area contributed by atoms with Gasteiger partial charge in [0.15, 0.2) is 0 Å². The van der Waals surface area contributed by atoms with E-state index in [4.69, 9.17) is 10.4 Å². The lowest BCUT2D eigenvalue weighted by atomic mass is 10.1. The van der Waals surface area contributed by atoms with Crippen LogP contribution in [0.1, 0.15) is 17.5 Å². The van der Waals surface area contributed by atoms with E-state index in [2.05, 4.69) is 5.32 Å². The van der Waals surface area contributed by atoms with Crippen LogP contribution in [0.25, 0.3) is 0 Å². The number of benzene rings is 1. The molecule has 0 aromatic heterocycles. The van der Waals surface area contributed by atoms with E-state index in [0.717, 1.165) is 5.56 Å². The van der Waals surface area contributed by atoms with Crippen LogP contribution in [0, 0.1) is 11.3 Å². The zero-order chi connectivity index (χ0) is 12.7. The van der Waals surface area contributed by atoms with E-state index in [1.807, 2.05) is 18.2 Å². The minimum absolute atomic E-state index is 0.228. The first kappa shape index (κ1) is 13.2. The standard InChI is InChI=1S/C12H14N2O3/c13-6-9-1-3-10(4-2-9)7-14-8-11(15)5-12(16)17/h1-4,11,14-15H,5,7-8H2,(H,16,17). The average Bonchev–Trinajstić information content (AvgIpc) is 2.29. The third kappa shape index (κ3) is 5.11. The summed E-state index contributed by atoms with van der Waals surface area (Å²) in [5.74, 6) is -1.02. The highest BCUT2D eigenvalue weighted by Crippen LogP contribution is 2.02. The molecule has 0 radical (unpaired) electrons. The van der Waals surface area contributed by atoms with Crippen LogP contribution < -0.4 is 5.32 Å². The number of hydrogen-bond donors (Lipinski definition) is 3. The zero-order valence-corrected chi connectivity index (χ0v) is 9.26. The predicted octanol–water partition coefficient (Wildman–Crippen LogP) is 0.483. The molecule has 1 atom stereocenters. The van der Waals surface area contributed by atoms with Crippen molar-refractivity contribution in [2.45, 2.75) is 19.1 Å².